The van der Waals surface area contributed by atoms with Crippen LogP contribution in [0.15, 0.2) is 18.7 Å². The first-order valence-electron chi connectivity index (χ1n) is 7.79. The molecule has 0 saturated heterocycles. The number of nitrogens with zero attached hydrogens (tertiary/aromatic N) is 2. The fourth-order valence-electron chi connectivity index (χ4n) is 3.13. The molecule has 0 N–H and O–H groups in total. The van der Waals surface area contributed by atoms with E-state index in [4.69, 9.17) is 4.74 Å². The van der Waals surface area contributed by atoms with Gasteiger partial charge in [-0.2, -0.15) is 4.79 Å². The third-order valence-corrected chi connectivity index (χ3v) is 4.48. The number of carbonyl (C=O) groups is 1. The van der Waals surface area contributed by atoms with Crippen molar-refractivity contribution in [3.8, 4) is 0 Å². The first-order valence-corrected chi connectivity index (χ1v) is 7.79. The Hall–Kier alpha value is -1.03. The number of aryl methyl sites for hydroxylation is 1. The Morgan fingerprint density at radius 1 is 1.43 bits per heavy atom. The van der Waals surface area contributed by atoms with Crippen molar-refractivity contribution in [2.45, 2.75) is 59.6 Å². The maximum absolute atomic E-state index is 12.2. The van der Waals surface area contributed by atoms with E-state index >= 15 is 0 Å². The van der Waals surface area contributed by atoms with E-state index in [-0.39, 0.29) is 24.6 Å². The molecule has 0 spiro atoms. The minimum atomic E-state index is -0.248. The number of carbonyl (C=O) groups excluding carboxylic acids is 1. The van der Waals surface area contributed by atoms with Gasteiger partial charge in [-0.15, -0.1) is 4.57 Å². The molecule has 5 heteroatoms. The van der Waals surface area contributed by atoms with Crippen LogP contribution >= 0.6 is 0 Å². The van der Waals surface area contributed by atoms with Crippen LogP contribution in [0.4, 0.5) is 4.79 Å². The Kier molecular flexibility index (Phi) is 6.72. The van der Waals surface area contributed by atoms with Gasteiger partial charge in [0, 0.05) is 0 Å². The highest BCUT2D eigenvalue weighted by molar-refractivity contribution is 5.70. The predicted octanol–water partition coefficient (Wildman–Crippen LogP) is 0.245. The molecule has 0 unspecified atom stereocenters. The molecule has 1 heterocycles. The van der Waals surface area contributed by atoms with Crippen LogP contribution in [0.5, 0.6) is 0 Å². The number of rotatable bonds is 3. The maximum Gasteiger partial charge on any atom is 0.511 e. The standard InChI is InChI=1S/C16H27N2O2.ClH/c1-5-17-8-9-18(11-17)16(19)20-15-10-13(4)6-7-14(15)12(2)3;/h8-9,11-15H,5-7,10H2,1-4H3;1H/q+1;/p-1/t13-,14+,15-;/m1./s1. The van der Waals surface area contributed by atoms with E-state index in [9.17, 15) is 4.79 Å². The minimum absolute atomic E-state index is 0. The fourth-order valence-corrected chi connectivity index (χ4v) is 3.13. The zero-order valence-electron chi connectivity index (χ0n) is 13.5. The summed E-state index contributed by atoms with van der Waals surface area (Å²) < 4.78 is 9.30. The Labute approximate surface area is 133 Å². The first-order chi connectivity index (χ1) is 9.51. The molecule has 1 aliphatic carbocycles. The van der Waals surface area contributed by atoms with Crippen molar-refractivity contribution < 1.29 is 26.5 Å². The van der Waals surface area contributed by atoms with Gasteiger partial charge in [0.15, 0.2) is 0 Å². The molecule has 1 fully saturated rings. The lowest BCUT2D eigenvalue weighted by molar-refractivity contribution is -0.692. The summed E-state index contributed by atoms with van der Waals surface area (Å²) in [5.74, 6) is 1.70. The maximum atomic E-state index is 12.2. The summed E-state index contributed by atoms with van der Waals surface area (Å²) in [6, 6.07) is 0. The van der Waals surface area contributed by atoms with Crippen LogP contribution in [0.25, 0.3) is 0 Å². The van der Waals surface area contributed by atoms with E-state index in [1.54, 1.807) is 17.1 Å². The zero-order chi connectivity index (χ0) is 14.7. The van der Waals surface area contributed by atoms with Crippen LogP contribution in [0, 0.1) is 17.8 Å². The minimum Gasteiger partial charge on any atom is -1.00 e. The van der Waals surface area contributed by atoms with Gasteiger partial charge in [-0.25, -0.2) is 4.57 Å². The Morgan fingerprint density at radius 3 is 2.71 bits per heavy atom. The molecule has 120 valence electrons. The normalized spacial score (nSPS) is 25.5. The summed E-state index contributed by atoms with van der Waals surface area (Å²) in [5.41, 5.74) is 0. The van der Waals surface area contributed by atoms with Crippen molar-refractivity contribution in [1.82, 2.24) is 4.57 Å². The number of ether oxygens (including phenoxy) is 1. The Bertz CT molecular complexity index is 459. The quantitative estimate of drug-likeness (QED) is 0.750. The van der Waals surface area contributed by atoms with Gasteiger partial charge in [0.25, 0.3) is 6.33 Å². The van der Waals surface area contributed by atoms with Gasteiger partial charge in [-0.3, -0.25) is 0 Å². The van der Waals surface area contributed by atoms with Crippen molar-refractivity contribution in [2.75, 3.05) is 0 Å². The number of hydrogen-bond acceptors (Lipinski definition) is 2. The van der Waals surface area contributed by atoms with Crippen LogP contribution < -0.4 is 17.0 Å². The molecule has 1 aromatic heterocycles. The molecule has 1 saturated carbocycles. The summed E-state index contributed by atoms with van der Waals surface area (Å²) in [4.78, 5) is 12.2. The topological polar surface area (TPSA) is 35.1 Å². The number of halogens is 1. The number of hydrogen-bond donors (Lipinski definition) is 0. The van der Waals surface area contributed by atoms with Crippen LogP contribution in [0.1, 0.15) is 47.0 Å². The van der Waals surface area contributed by atoms with Crippen molar-refractivity contribution in [1.29, 1.82) is 0 Å². The van der Waals surface area contributed by atoms with E-state index in [2.05, 4.69) is 20.8 Å². The summed E-state index contributed by atoms with van der Waals surface area (Å²) in [6.07, 6.45) is 8.66. The zero-order valence-corrected chi connectivity index (χ0v) is 14.2. The van der Waals surface area contributed by atoms with E-state index in [0.29, 0.717) is 17.8 Å². The van der Waals surface area contributed by atoms with Gasteiger partial charge in [-0.1, -0.05) is 27.2 Å². The van der Waals surface area contributed by atoms with Crippen LogP contribution in [0.3, 0.4) is 0 Å². The van der Waals surface area contributed by atoms with E-state index < -0.39 is 0 Å². The van der Waals surface area contributed by atoms with E-state index in [0.717, 1.165) is 19.4 Å². The molecule has 21 heavy (non-hydrogen) atoms. The highest BCUT2D eigenvalue weighted by atomic mass is 35.5. The summed E-state index contributed by atoms with van der Waals surface area (Å²) in [7, 11) is 0. The lowest BCUT2D eigenvalue weighted by Gasteiger charge is -2.35. The highest BCUT2D eigenvalue weighted by Gasteiger charge is 2.34. The third kappa shape index (κ3) is 4.47. The van der Waals surface area contributed by atoms with Crippen molar-refractivity contribution in [3.05, 3.63) is 18.7 Å². The van der Waals surface area contributed by atoms with Gasteiger partial charge in [0.1, 0.15) is 18.5 Å². The molecule has 3 atom stereocenters. The van der Waals surface area contributed by atoms with Crippen molar-refractivity contribution >= 4 is 6.09 Å². The molecular formula is C16H27ClN2O2. The monoisotopic (exact) mass is 314 g/mol. The van der Waals surface area contributed by atoms with Gasteiger partial charge < -0.3 is 17.1 Å². The van der Waals surface area contributed by atoms with Gasteiger partial charge in [0.2, 0.25) is 0 Å². The lowest BCUT2D eigenvalue weighted by atomic mass is 9.75. The molecule has 4 nitrogen and oxygen atoms in total. The average molecular weight is 315 g/mol. The second-order valence-electron chi connectivity index (χ2n) is 6.40. The van der Waals surface area contributed by atoms with Gasteiger partial charge >= 0.3 is 6.09 Å². The predicted molar refractivity (Wildman–Crippen MR) is 77.3 cm³/mol. The second-order valence-corrected chi connectivity index (χ2v) is 6.40. The smallest absolute Gasteiger partial charge is 0.511 e. The first kappa shape index (κ1) is 18.0. The van der Waals surface area contributed by atoms with Gasteiger partial charge in [0.05, 0.1) is 6.54 Å². The van der Waals surface area contributed by atoms with Crippen molar-refractivity contribution in [2.24, 2.45) is 17.8 Å². The SMILES string of the molecule is CC[n+]1ccn(C(=O)O[C@@H]2C[C@H](C)CC[C@H]2C(C)C)c1.[Cl-]. The molecule has 0 radical (unpaired) electrons. The number of aromatic nitrogens is 2. The van der Waals surface area contributed by atoms with Crippen LogP contribution in [-0.4, -0.2) is 16.8 Å². The van der Waals surface area contributed by atoms with E-state index in [1.807, 2.05) is 17.7 Å². The molecule has 0 aliphatic heterocycles. The molecule has 1 aliphatic rings. The molecular weight excluding hydrogens is 288 g/mol. The summed E-state index contributed by atoms with van der Waals surface area (Å²) >= 11 is 0. The molecule has 0 amide bonds. The summed E-state index contributed by atoms with van der Waals surface area (Å²) in [5, 5.41) is 0. The van der Waals surface area contributed by atoms with Gasteiger partial charge in [-0.05, 0) is 37.5 Å². The number of imidazole rings is 1. The summed E-state index contributed by atoms with van der Waals surface area (Å²) in [6.45, 7) is 9.60. The second kappa shape index (κ2) is 7.83. The van der Waals surface area contributed by atoms with E-state index in [1.165, 1.54) is 6.42 Å². The molecule has 1 aromatic rings. The largest absolute Gasteiger partial charge is 1.00 e. The average Bonchev–Trinajstić information content (AvgIpc) is 2.87. The van der Waals surface area contributed by atoms with Crippen molar-refractivity contribution in [3.63, 3.8) is 0 Å². The highest BCUT2D eigenvalue weighted by Crippen LogP contribution is 2.35. The molecule has 2 rings (SSSR count). The third-order valence-electron chi connectivity index (χ3n) is 4.48. The Morgan fingerprint density at radius 2 is 2.14 bits per heavy atom. The Balaban J connectivity index is 0.00000220. The van der Waals surface area contributed by atoms with Crippen LogP contribution in [0.2, 0.25) is 0 Å². The lowest BCUT2D eigenvalue weighted by Crippen LogP contribution is -3.00. The molecule has 0 bridgehead atoms. The fraction of sp³-hybridized carbons (Fsp3) is 0.750. The molecule has 0 aromatic carbocycles. The van der Waals surface area contributed by atoms with Crippen LogP contribution in [-0.2, 0) is 11.3 Å².